The molecule has 21 heavy (non-hydrogen) atoms. The highest BCUT2D eigenvalue weighted by Crippen LogP contribution is 2.15. The third-order valence-electron chi connectivity index (χ3n) is 3.49. The number of anilines is 1. The van der Waals surface area contributed by atoms with Crippen molar-refractivity contribution in [3.05, 3.63) is 24.3 Å². The van der Waals surface area contributed by atoms with Gasteiger partial charge in [-0.2, -0.15) is 0 Å². The molecule has 116 valence electrons. The molecule has 1 aromatic rings. The fourth-order valence-electron chi connectivity index (χ4n) is 2.24. The monoisotopic (exact) mass is 294 g/mol. The number of carbonyl (C=O) groups is 1. The lowest BCUT2D eigenvalue weighted by molar-refractivity contribution is -0.146. The largest absolute Gasteiger partial charge is 0.493 e. The van der Waals surface area contributed by atoms with Crippen LogP contribution in [0.1, 0.15) is 13.3 Å². The predicted molar refractivity (Wildman–Crippen MR) is 79.0 cm³/mol. The maximum Gasteiger partial charge on any atom is 0.226 e. The molecule has 6 nitrogen and oxygen atoms in total. The molecule has 0 radical (unpaired) electrons. The number of aliphatic hydroxyl groups excluding tert-OH is 1. The van der Waals surface area contributed by atoms with Crippen molar-refractivity contribution >= 4 is 11.6 Å². The molecule has 2 atom stereocenters. The number of morpholine rings is 1. The van der Waals surface area contributed by atoms with Crippen LogP contribution in [0.3, 0.4) is 0 Å². The van der Waals surface area contributed by atoms with Crippen LogP contribution in [-0.2, 0) is 9.53 Å². The number of ether oxygens (including phenoxy) is 2. The fraction of sp³-hybridized carbons (Fsp3) is 0.533. The van der Waals surface area contributed by atoms with Gasteiger partial charge in [0.1, 0.15) is 5.75 Å². The third kappa shape index (κ3) is 4.34. The molecule has 1 amide bonds. The highest BCUT2D eigenvalue weighted by atomic mass is 16.5. The molecule has 1 aromatic carbocycles. The van der Waals surface area contributed by atoms with Crippen molar-refractivity contribution in [2.45, 2.75) is 25.5 Å². The number of nitrogens with two attached hydrogens (primary N) is 1. The van der Waals surface area contributed by atoms with E-state index in [1.807, 2.05) is 6.92 Å². The van der Waals surface area contributed by atoms with Gasteiger partial charge in [0.15, 0.2) is 0 Å². The molecule has 6 heteroatoms. The summed E-state index contributed by atoms with van der Waals surface area (Å²) in [6.07, 6.45) is 0.00974. The van der Waals surface area contributed by atoms with Crippen LogP contribution in [0.15, 0.2) is 24.3 Å². The van der Waals surface area contributed by atoms with Crippen molar-refractivity contribution < 1.29 is 19.4 Å². The van der Waals surface area contributed by atoms with Crippen LogP contribution in [0.2, 0.25) is 0 Å². The maximum atomic E-state index is 12.2. The van der Waals surface area contributed by atoms with Gasteiger partial charge in [-0.1, -0.05) is 0 Å². The van der Waals surface area contributed by atoms with E-state index in [1.165, 1.54) is 0 Å². The Kier molecular flexibility index (Phi) is 5.41. The smallest absolute Gasteiger partial charge is 0.226 e. The van der Waals surface area contributed by atoms with Gasteiger partial charge in [0, 0.05) is 12.2 Å². The van der Waals surface area contributed by atoms with Gasteiger partial charge in [-0.25, -0.2) is 0 Å². The van der Waals surface area contributed by atoms with Crippen LogP contribution in [0.25, 0.3) is 0 Å². The second kappa shape index (κ2) is 7.28. The summed E-state index contributed by atoms with van der Waals surface area (Å²) in [6.45, 7) is 3.07. The summed E-state index contributed by atoms with van der Waals surface area (Å²) in [7, 11) is 0. The molecular weight excluding hydrogens is 272 g/mol. The topological polar surface area (TPSA) is 85.0 Å². The van der Waals surface area contributed by atoms with Crippen LogP contribution >= 0.6 is 0 Å². The van der Waals surface area contributed by atoms with Gasteiger partial charge in [-0.05, 0) is 31.2 Å². The van der Waals surface area contributed by atoms with Crippen molar-refractivity contribution in [2.75, 3.05) is 32.1 Å². The van der Waals surface area contributed by atoms with E-state index in [-0.39, 0.29) is 24.7 Å². The normalized spacial score (nSPS) is 22.1. The molecule has 1 heterocycles. The molecule has 3 N–H and O–H groups in total. The number of aliphatic hydroxyl groups is 1. The van der Waals surface area contributed by atoms with E-state index in [1.54, 1.807) is 29.2 Å². The Morgan fingerprint density at radius 1 is 1.48 bits per heavy atom. The zero-order valence-corrected chi connectivity index (χ0v) is 12.2. The molecule has 0 saturated carbocycles. The first-order valence-electron chi connectivity index (χ1n) is 7.10. The summed E-state index contributed by atoms with van der Waals surface area (Å²) in [5.74, 6) is 0.708. The van der Waals surface area contributed by atoms with Crippen LogP contribution in [0.5, 0.6) is 5.75 Å². The Morgan fingerprint density at radius 3 is 2.86 bits per heavy atom. The first kappa shape index (κ1) is 15.6. The van der Waals surface area contributed by atoms with Crippen molar-refractivity contribution in [2.24, 2.45) is 0 Å². The molecule has 1 fully saturated rings. The second-order valence-corrected chi connectivity index (χ2v) is 5.20. The highest BCUT2D eigenvalue weighted by Gasteiger charge is 2.28. The van der Waals surface area contributed by atoms with Crippen molar-refractivity contribution in [3.8, 4) is 5.75 Å². The molecule has 1 aliphatic rings. The lowest BCUT2D eigenvalue weighted by Gasteiger charge is -2.37. The summed E-state index contributed by atoms with van der Waals surface area (Å²) in [5.41, 5.74) is 6.27. The van der Waals surface area contributed by atoms with Crippen molar-refractivity contribution in [1.82, 2.24) is 4.90 Å². The fourth-order valence-corrected chi connectivity index (χ4v) is 2.24. The van der Waals surface area contributed by atoms with Gasteiger partial charge in [0.05, 0.1) is 38.4 Å². The van der Waals surface area contributed by atoms with Crippen LogP contribution < -0.4 is 10.5 Å². The zero-order valence-electron chi connectivity index (χ0n) is 12.2. The third-order valence-corrected chi connectivity index (χ3v) is 3.49. The van der Waals surface area contributed by atoms with E-state index >= 15 is 0 Å². The van der Waals surface area contributed by atoms with E-state index < -0.39 is 0 Å². The Labute approximate surface area is 124 Å². The number of carbonyl (C=O) groups excluding carboxylic acids is 1. The lowest BCUT2D eigenvalue weighted by Crippen LogP contribution is -2.52. The van der Waals surface area contributed by atoms with E-state index in [4.69, 9.17) is 20.3 Å². The van der Waals surface area contributed by atoms with Crippen LogP contribution in [0.4, 0.5) is 5.69 Å². The first-order valence-corrected chi connectivity index (χ1v) is 7.10. The number of hydrogen-bond donors (Lipinski definition) is 2. The Morgan fingerprint density at radius 2 is 2.19 bits per heavy atom. The number of nitrogens with zero attached hydrogens (tertiary/aromatic N) is 1. The molecule has 0 bridgehead atoms. The molecular formula is C15H22N2O4. The molecule has 1 saturated heterocycles. The Bertz CT molecular complexity index is 463. The maximum absolute atomic E-state index is 12.2. The van der Waals surface area contributed by atoms with Crippen molar-refractivity contribution in [3.63, 3.8) is 0 Å². The van der Waals surface area contributed by atoms with E-state index in [0.717, 1.165) is 0 Å². The van der Waals surface area contributed by atoms with Gasteiger partial charge in [-0.15, -0.1) is 0 Å². The van der Waals surface area contributed by atoms with Crippen molar-refractivity contribution in [1.29, 1.82) is 0 Å². The number of benzene rings is 1. The number of rotatable bonds is 5. The number of amides is 1. The quantitative estimate of drug-likeness (QED) is 0.779. The molecule has 2 rings (SSSR count). The first-order chi connectivity index (χ1) is 10.1. The minimum atomic E-state index is -0.289. The standard InChI is InChI=1S/C15H22N2O4/c1-11-10-21-14(9-18)8-17(11)15(19)6-7-20-13-4-2-12(16)3-5-13/h2-5,11,14,18H,6-10,16H2,1H3. The van der Waals surface area contributed by atoms with Gasteiger partial charge >= 0.3 is 0 Å². The Balaban J connectivity index is 1.79. The van der Waals surface area contributed by atoms with Gasteiger partial charge in [0.25, 0.3) is 0 Å². The highest BCUT2D eigenvalue weighted by molar-refractivity contribution is 5.76. The molecule has 2 unspecified atom stereocenters. The second-order valence-electron chi connectivity index (χ2n) is 5.20. The van der Waals surface area contributed by atoms with Gasteiger partial charge in [-0.3, -0.25) is 4.79 Å². The lowest BCUT2D eigenvalue weighted by atomic mass is 10.2. The van der Waals surface area contributed by atoms with Gasteiger partial charge in [0.2, 0.25) is 5.91 Å². The molecule has 0 spiro atoms. The summed E-state index contributed by atoms with van der Waals surface area (Å²) in [5, 5.41) is 9.13. The molecule has 1 aliphatic heterocycles. The van der Waals surface area contributed by atoms with E-state index in [2.05, 4.69) is 0 Å². The summed E-state index contributed by atoms with van der Waals surface area (Å²) in [6, 6.07) is 7.09. The van der Waals surface area contributed by atoms with Crippen LogP contribution in [0, 0.1) is 0 Å². The van der Waals surface area contributed by atoms with Crippen LogP contribution in [-0.4, -0.2) is 54.4 Å². The summed E-state index contributed by atoms with van der Waals surface area (Å²) in [4.78, 5) is 13.9. The average molecular weight is 294 g/mol. The Hall–Kier alpha value is -1.79. The SMILES string of the molecule is CC1COC(CO)CN1C(=O)CCOc1ccc(N)cc1. The predicted octanol–water partition coefficient (Wildman–Crippen LogP) is 0.646. The summed E-state index contributed by atoms with van der Waals surface area (Å²) >= 11 is 0. The zero-order chi connectivity index (χ0) is 15.2. The number of hydrogen-bond acceptors (Lipinski definition) is 5. The van der Waals surface area contributed by atoms with E-state index in [0.29, 0.717) is 37.6 Å². The van der Waals surface area contributed by atoms with Gasteiger partial charge < -0.3 is 25.2 Å². The average Bonchev–Trinajstić information content (AvgIpc) is 2.49. The minimum absolute atomic E-state index is 0.0136. The molecule has 0 aliphatic carbocycles. The minimum Gasteiger partial charge on any atom is -0.493 e. The van der Waals surface area contributed by atoms with E-state index in [9.17, 15) is 4.79 Å². The number of nitrogen functional groups attached to an aromatic ring is 1. The summed E-state index contributed by atoms with van der Waals surface area (Å²) < 4.78 is 10.9. The molecule has 0 aromatic heterocycles.